The third-order valence-corrected chi connectivity index (χ3v) is 5.47. The molecule has 1 rings (SSSR count). The lowest BCUT2D eigenvalue weighted by atomic mass is 10.2. The summed E-state index contributed by atoms with van der Waals surface area (Å²) in [5, 5.41) is 0.550. The summed E-state index contributed by atoms with van der Waals surface area (Å²) in [6.45, 7) is 3.90. The number of carbonyl (C=O) groups is 1. The van der Waals surface area contributed by atoms with Crippen LogP contribution >= 0.6 is 69.8 Å². The minimum Gasteiger partial charge on any atom is -0.287 e. The molecular weight excluding hydrogens is 357 g/mol. The van der Waals surface area contributed by atoms with Crippen LogP contribution in [0.3, 0.4) is 0 Å². The number of halogens is 5. The highest BCUT2D eigenvalue weighted by atomic mass is 35.5. The largest absolute Gasteiger partial charge is 0.287 e. The molecule has 1 aromatic carbocycles. The van der Waals surface area contributed by atoms with E-state index in [1.54, 1.807) is 0 Å². The number of benzene rings is 1. The van der Waals surface area contributed by atoms with E-state index in [0.29, 0.717) is 11.3 Å². The topological polar surface area (TPSA) is 17.1 Å². The lowest BCUT2D eigenvalue weighted by Crippen LogP contribution is -1.98. The molecule has 0 unspecified atom stereocenters. The van der Waals surface area contributed by atoms with Gasteiger partial charge in [0.15, 0.2) is 5.12 Å². The standard InChI is InChI=1S/C11H9Cl5OS/c1-4(2)3-5(17)18-11-9(15)7(13)6(12)8(14)10(11)16/h4H,3H2,1-2H3. The van der Waals surface area contributed by atoms with Crippen LogP contribution in [0.2, 0.25) is 25.1 Å². The molecule has 0 saturated carbocycles. The normalized spacial score (nSPS) is 11.1. The zero-order valence-electron chi connectivity index (χ0n) is 9.49. The molecule has 1 nitrogen and oxygen atoms in total. The highest BCUT2D eigenvalue weighted by Crippen LogP contribution is 2.48. The van der Waals surface area contributed by atoms with Gasteiger partial charge in [-0.25, -0.2) is 0 Å². The molecule has 0 aliphatic rings. The van der Waals surface area contributed by atoms with Crippen molar-refractivity contribution in [2.24, 2.45) is 5.92 Å². The van der Waals surface area contributed by atoms with E-state index in [0.717, 1.165) is 11.8 Å². The van der Waals surface area contributed by atoms with E-state index in [4.69, 9.17) is 58.0 Å². The van der Waals surface area contributed by atoms with Crippen molar-refractivity contribution in [3.8, 4) is 0 Å². The van der Waals surface area contributed by atoms with Gasteiger partial charge in [-0.15, -0.1) is 0 Å². The van der Waals surface area contributed by atoms with Gasteiger partial charge >= 0.3 is 0 Å². The molecule has 7 heteroatoms. The number of rotatable bonds is 3. The van der Waals surface area contributed by atoms with Crippen LogP contribution in [0.25, 0.3) is 0 Å². The van der Waals surface area contributed by atoms with Gasteiger partial charge in [0.1, 0.15) is 0 Å². The van der Waals surface area contributed by atoms with Crippen LogP contribution in [0.1, 0.15) is 20.3 Å². The molecule has 0 heterocycles. The van der Waals surface area contributed by atoms with Gasteiger partial charge in [-0.3, -0.25) is 4.79 Å². The summed E-state index contributed by atoms with van der Waals surface area (Å²) in [5.41, 5.74) is 0. The van der Waals surface area contributed by atoms with Crippen molar-refractivity contribution in [2.45, 2.75) is 25.2 Å². The van der Waals surface area contributed by atoms with Crippen molar-refractivity contribution < 1.29 is 4.79 Å². The molecule has 18 heavy (non-hydrogen) atoms. The van der Waals surface area contributed by atoms with Crippen LogP contribution < -0.4 is 0 Å². The van der Waals surface area contributed by atoms with E-state index >= 15 is 0 Å². The molecular formula is C11H9Cl5OS. The molecule has 1 aromatic rings. The smallest absolute Gasteiger partial charge is 0.194 e. The Labute approximate surface area is 135 Å². The number of carbonyl (C=O) groups excluding carboxylic acids is 1. The summed E-state index contributed by atoms with van der Waals surface area (Å²) in [4.78, 5) is 12.1. The van der Waals surface area contributed by atoms with Crippen molar-refractivity contribution in [2.75, 3.05) is 0 Å². The molecule has 0 atom stereocenters. The number of hydrogen-bond donors (Lipinski definition) is 0. The summed E-state index contributed by atoms with van der Waals surface area (Å²) < 4.78 is 0. The van der Waals surface area contributed by atoms with Crippen LogP contribution in [-0.4, -0.2) is 5.12 Å². The van der Waals surface area contributed by atoms with Gasteiger partial charge in [-0.1, -0.05) is 71.9 Å². The average molecular weight is 367 g/mol. The van der Waals surface area contributed by atoms with E-state index < -0.39 is 0 Å². The molecule has 0 saturated heterocycles. The first-order valence-electron chi connectivity index (χ1n) is 4.97. The first-order valence-corrected chi connectivity index (χ1v) is 7.68. The van der Waals surface area contributed by atoms with Gasteiger partial charge in [0.25, 0.3) is 0 Å². The third-order valence-electron chi connectivity index (χ3n) is 1.96. The second-order valence-corrected chi connectivity index (χ2v) is 6.93. The van der Waals surface area contributed by atoms with E-state index in [-0.39, 0.29) is 36.1 Å². The van der Waals surface area contributed by atoms with Crippen molar-refractivity contribution in [3.05, 3.63) is 25.1 Å². The van der Waals surface area contributed by atoms with Gasteiger partial charge in [-0.2, -0.15) is 0 Å². The quantitative estimate of drug-likeness (QED) is 0.340. The van der Waals surface area contributed by atoms with Crippen LogP contribution in [0.4, 0.5) is 0 Å². The Balaban J connectivity index is 3.14. The van der Waals surface area contributed by atoms with Gasteiger partial charge in [0.05, 0.1) is 30.0 Å². The molecule has 0 fully saturated rings. The highest BCUT2D eigenvalue weighted by Gasteiger charge is 2.21. The predicted molar refractivity (Wildman–Crippen MR) is 81.8 cm³/mol. The Morgan fingerprint density at radius 3 is 1.72 bits per heavy atom. The highest BCUT2D eigenvalue weighted by molar-refractivity contribution is 8.13. The lowest BCUT2D eigenvalue weighted by molar-refractivity contribution is -0.111. The average Bonchev–Trinajstić information content (AvgIpc) is 2.29. The molecule has 0 bridgehead atoms. The van der Waals surface area contributed by atoms with Crippen LogP contribution in [0, 0.1) is 5.92 Å². The second-order valence-electron chi connectivity index (χ2n) is 3.97. The number of thioether (sulfide) groups is 1. The third kappa shape index (κ3) is 3.84. The van der Waals surface area contributed by atoms with Crippen molar-refractivity contribution in [1.29, 1.82) is 0 Å². The SMILES string of the molecule is CC(C)CC(=O)Sc1c(Cl)c(Cl)c(Cl)c(Cl)c1Cl. The molecule has 0 aliphatic carbocycles. The Morgan fingerprint density at radius 2 is 1.33 bits per heavy atom. The number of hydrogen-bond acceptors (Lipinski definition) is 2. The summed E-state index contributed by atoms with van der Waals surface area (Å²) in [6, 6.07) is 0. The summed E-state index contributed by atoms with van der Waals surface area (Å²) in [7, 11) is 0. The zero-order valence-corrected chi connectivity index (χ0v) is 14.1. The van der Waals surface area contributed by atoms with Gasteiger partial charge in [0, 0.05) is 6.42 Å². The molecule has 0 aromatic heterocycles. The fourth-order valence-corrected chi connectivity index (χ4v) is 3.67. The van der Waals surface area contributed by atoms with E-state index in [2.05, 4.69) is 0 Å². The fourth-order valence-electron chi connectivity index (χ4n) is 1.16. The summed E-state index contributed by atoms with van der Waals surface area (Å²) >= 11 is 30.7. The van der Waals surface area contributed by atoms with Crippen molar-refractivity contribution in [3.63, 3.8) is 0 Å². The Kier molecular flexibility index (Phi) is 6.43. The van der Waals surface area contributed by atoms with Crippen molar-refractivity contribution >= 4 is 74.9 Å². The molecule has 0 radical (unpaired) electrons. The van der Waals surface area contributed by atoms with Gasteiger partial charge in [0.2, 0.25) is 0 Å². The van der Waals surface area contributed by atoms with Crippen molar-refractivity contribution in [1.82, 2.24) is 0 Å². The Bertz CT molecular complexity index is 458. The monoisotopic (exact) mass is 364 g/mol. The molecule has 0 aliphatic heterocycles. The fraction of sp³-hybridized carbons (Fsp3) is 0.364. The first-order chi connectivity index (χ1) is 8.25. The molecule has 0 amide bonds. The summed E-state index contributed by atoms with van der Waals surface area (Å²) in [6.07, 6.45) is 0.412. The van der Waals surface area contributed by atoms with Gasteiger partial charge < -0.3 is 0 Å². The van der Waals surface area contributed by atoms with E-state index in [9.17, 15) is 4.79 Å². The summed E-state index contributed by atoms with van der Waals surface area (Å²) in [5.74, 6) is 0.251. The Morgan fingerprint density at radius 1 is 0.944 bits per heavy atom. The molecule has 0 spiro atoms. The Hall–Kier alpha value is 0.690. The van der Waals surface area contributed by atoms with Crippen LogP contribution in [0.5, 0.6) is 0 Å². The van der Waals surface area contributed by atoms with E-state index in [1.165, 1.54) is 0 Å². The minimum atomic E-state index is -0.0525. The van der Waals surface area contributed by atoms with Crippen LogP contribution in [0.15, 0.2) is 4.90 Å². The van der Waals surface area contributed by atoms with Crippen LogP contribution in [-0.2, 0) is 4.79 Å². The zero-order chi connectivity index (χ0) is 14.0. The van der Waals surface area contributed by atoms with Gasteiger partial charge in [-0.05, 0) is 17.7 Å². The minimum absolute atomic E-state index is 0.0525. The maximum atomic E-state index is 11.8. The first kappa shape index (κ1) is 16.7. The predicted octanol–water partition coefficient (Wildman–Crippen LogP) is 6.62. The maximum Gasteiger partial charge on any atom is 0.194 e. The molecule has 100 valence electrons. The second kappa shape index (κ2) is 6.92. The molecule has 0 N–H and O–H groups in total. The maximum absolute atomic E-state index is 11.8. The lowest BCUT2D eigenvalue weighted by Gasteiger charge is -2.11. The van der Waals surface area contributed by atoms with E-state index in [1.807, 2.05) is 13.8 Å².